The number of hydrogen-bond acceptors (Lipinski definition) is 2. The van der Waals surface area contributed by atoms with Gasteiger partial charge >= 0.3 is 0 Å². The van der Waals surface area contributed by atoms with E-state index in [2.05, 4.69) is 62.3 Å². The van der Waals surface area contributed by atoms with Crippen LogP contribution in [0.15, 0.2) is 24.3 Å². The lowest BCUT2D eigenvalue weighted by Gasteiger charge is -2.32. The molecule has 2 nitrogen and oxygen atoms in total. The number of nitrogens with one attached hydrogen (secondary N) is 1. The molecule has 0 bridgehead atoms. The van der Waals surface area contributed by atoms with E-state index in [9.17, 15) is 0 Å². The van der Waals surface area contributed by atoms with Crippen LogP contribution >= 0.6 is 0 Å². The molecule has 0 saturated heterocycles. The van der Waals surface area contributed by atoms with Gasteiger partial charge in [-0.15, -0.1) is 0 Å². The van der Waals surface area contributed by atoms with E-state index in [1.165, 1.54) is 37.9 Å². The van der Waals surface area contributed by atoms with Crippen LogP contribution in [0.25, 0.3) is 0 Å². The van der Waals surface area contributed by atoms with E-state index in [0.29, 0.717) is 11.5 Å². The smallest absolute Gasteiger partial charge is 0.0236 e. The number of benzene rings is 1. The molecule has 0 radical (unpaired) electrons. The van der Waals surface area contributed by atoms with Gasteiger partial charge in [0.15, 0.2) is 0 Å². The van der Waals surface area contributed by atoms with E-state index in [1.807, 2.05) is 0 Å². The Labute approximate surface area is 124 Å². The van der Waals surface area contributed by atoms with Crippen molar-refractivity contribution in [3.63, 3.8) is 0 Å². The Morgan fingerprint density at radius 2 is 1.90 bits per heavy atom. The Kier molecular flexibility index (Phi) is 5.22. The van der Waals surface area contributed by atoms with Crippen molar-refractivity contribution in [2.75, 3.05) is 20.1 Å². The van der Waals surface area contributed by atoms with Gasteiger partial charge in [-0.25, -0.2) is 0 Å². The normalized spacial score (nSPS) is 18.4. The van der Waals surface area contributed by atoms with Crippen LogP contribution in [0.2, 0.25) is 0 Å². The minimum absolute atomic E-state index is 0.332. The number of hydrogen-bond donors (Lipinski definition) is 1. The first-order valence-corrected chi connectivity index (χ1v) is 7.97. The second-order valence-corrected chi connectivity index (χ2v) is 7.14. The maximum atomic E-state index is 3.49. The quantitative estimate of drug-likeness (QED) is 0.904. The minimum atomic E-state index is 0.332. The lowest BCUT2D eigenvalue weighted by molar-refractivity contribution is 0.207. The summed E-state index contributed by atoms with van der Waals surface area (Å²) in [4.78, 5) is 2.63. The fourth-order valence-corrected chi connectivity index (χ4v) is 3.28. The molecule has 1 unspecified atom stereocenters. The van der Waals surface area contributed by atoms with Crippen LogP contribution in [-0.4, -0.2) is 31.1 Å². The molecule has 20 heavy (non-hydrogen) atoms. The molecule has 0 saturated carbocycles. The summed E-state index contributed by atoms with van der Waals surface area (Å²) in [5.74, 6) is 0. The van der Waals surface area contributed by atoms with Crippen LogP contribution in [0.1, 0.15) is 44.7 Å². The second kappa shape index (κ2) is 6.73. The molecule has 1 aromatic carbocycles. The summed E-state index contributed by atoms with van der Waals surface area (Å²) < 4.78 is 0. The number of fused-ring (bicyclic) bond motifs is 1. The SMILES string of the molecule is CNC(CCN1CCCc2ccccc2C1)C(C)(C)C. The summed E-state index contributed by atoms with van der Waals surface area (Å²) in [5, 5.41) is 3.49. The zero-order valence-electron chi connectivity index (χ0n) is 13.6. The van der Waals surface area contributed by atoms with Gasteiger partial charge in [-0.05, 0) is 55.9 Å². The number of nitrogens with zero attached hydrogens (tertiary/aromatic N) is 1. The first-order chi connectivity index (χ1) is 9.50. The van der Waals surface area contributed by atoms with E-state index < -0.39 is 0 Å². The summed E-state index contributed by atoms with van der Waals surface area (Å²) in [6.07, 6.45) is 3.75. The zero-order chi connectivity index (χ0) is 14.6. The molecule has 0 aliphatic carbocycles. The third kappa shape index (κ3) is 4.07. The van der Waals surface area contributed by atoms with E-state index in [1.54, 1.807) is 5.56 Å². The maximum Gasteiger partial charge on any atom is 0.0236 e. The molecule has 1 aliphatic rings. The summed E-state index contributed by atoms with van der Waals surface area (Å²) in [6, 6.07) is 9.53. The van der Waals surface area contributed by atoms with E-state index in [4.69, 9.17) is 0 Å². The van der Waals surface area contributed by atoms with Gasteiger partial charge in [-0.1, -0.05) is 45.0 Å². The predicted molar refractivity (Wildman–Crippen MR) is 87.0 cm³/mol. The Morgan fingerprint density at radius 1 is 1.20 bits per heavy atom. The predicted octanol–water partition coefficient (Wildman–Crippen LogP) is 3.46. The van der Waals surface area contributed by atoms with Gasteiger partial charge in [-0.3, -0.25) is 4.90 Å². The highest BCUT2D eigenvalue weighted by Crippen LogP contribution is 2.23. The molecule has 112 valence electrons. The molecule has 2 heteroatoms. The van der Waals surface area contributed by atoms with Crippen molar-refractivity contribution in [2.45, 2.75) is 52.6 Å². The monoisotopic (exact) mass is 274 g/mol. The lowest BCUT2D eigenvalue weighted by Crippen LogP contribution is -2.41. The van der Waals surface area contributed by atoms with Crippen molar-refractivity contribution < 1.29 is 0 Å². The van der Waals surface area contributed by atoms with Crippen LogP contribution in [0, 0.1) is 5.41 Å². The van der Waals surface area contributed by atoms with Crippen LogP contribution < -0.4 is 5.32 Å². The molecule has 1 heterocycles. The van der Waals surface area contributed by atoms with E-state index in [-0.39, 0.29) is 0 Å². The van der Waals surface area contributed by atoms with Crippen molar-refractivity contribution in [3.8, 4) is 0 Å². The summed E-state index contributed by atoms with van der Waals surface area (Å²) in [5.41, 5.74) is 3.41. The topological polar surface area (TPSA) is 15.3 Å². The van der Waals surface area contributed by atoms with Gasteiger partial charge in [0, 0.05) is 12.6 Å². The Bertz CT molecular complexity index is 420. The highest BCUT2D eigenvalue weighted by Gasteiger charge is 2.23. The minimum Gasteiger partial charge on any atom is -0.316 e. The molecule has 0 aromatic heterocycles. The van der Waals surface area contributed by atoms with E-state index >= 15 is 0 Å². The first-order valence-electron chi connectivity index (χ1n) is 7.97. The average molecular weight is 274 g/mol. The van der Waals surface area contributed by atoms with Gasteiger partial charge in [0.05, 0.1) is 0 Å². The Hall–Kier alpha value is -0.860. The maximum absolute atomic E-state index is 3.49. The number of aryl methyl sites for hydroxylation is 1. The van der Waals surface area contributed by atoms with Crippen LogP contribution in [0.4, 0.5) is 0 Å². The van der Waals surface area contributed by atoms with Gasteiger partial charge in [0.25, 0.3) is 0 Å². The molecule has 0 spiro atoms. The summed E-state index contributed by atoms with van der Waals surface area (Å²) >= 11 is 0. The third-order valence-electron chi connectivity index (χ3n) is 4.56. The van der Waals surface area contributed by atoms with Gasteiger partial charge in [0.1, 0.15) is 0 Å². The van der Waals surface area contributed by atoms with Gasteiger partial charge in [-0.2, -0.15) is 0 Å². The van der Waals surface area contributed by atoms with Crippen LogP contribution in [-0.2, 0) is 13.0 Å². The van der Waals surface area contributed by atoms with Crippen molar-refractivity contribution in [1.82, 2.24) is 10.2 Å². The first kappa shape index (κ1) is 15.5. The van der Waals surface area contributed by atoms with Gasteiger partial charge < -0.3 is 5.32 Å². The van der Waals surface area contributed by atoms with Crippen molar-refractivity contribution in [1.29, 1.82) is 0 Å². The summed E-state index contributed by atoms with van der Waals surface area (Å²) in [6.45, 7) is 10.5. The highest BCUT2D eigenvalue weighted by atomic mass is 15.1. The molecule has 1 aliphatic heterocycles. The van der Waals surface area contributed by atoms with Crippen molar-refractivity contribution in [2.24, 2.45) is 5.41 Å². The number of rotatable bonds is 4. The highest BCUT2D eigenvalue weighted by molar-refractivity contribution is 5.27. The van der Waals surface area contributed by atoms with Crippen molar-refractivity contribution in [3.05, 3.63) is 35.4 Å². The molecule has 1 aromatic rings. The molecule has 2 rings (SSSR count). The Morgan fingerprint density at radius 3 is 2.55 bits per heavy atom. The molecule has 1 N–H and O–H groups in total. The molecular weight excluding hydrogens is 244 g/mol. The van der Waals surface area contributed by atoms with Gasteiger partial charge in [0.2, 0.25) is 0 Å². The lowest BCUT2D eigenvalue weighted by atomic mass is 9.85. The third-order valence-corrected chi connectivity index (χ3v) is 4.56. The molecule has 0 amide bonds. The average Bonchev–Trinajstić information content (AvgIpc) is 2.59. The summed E-state index contributed by atoms with van der Waals surface area (Å²) in [7, 11) is 2.09. The van der Waals surface area contributed by atoms with E-state index in [0.717, 1.165) is 6.54 Å². The fourth-order valence-electron chi connectivity index (χ4n) is 3.28. The molecule has 1 atom stereocenters. The Balaban J connectivity index is 1.94. The molecular formula is C18H30N2. The zero-order valence-corrected chi connectivity index (χ0v) is 13.6. The van der Waals surface area contributed by atoms with Crippen molar-refractivity contribution >= 4 is 0 Å². The largest absolute Gasteiger partial charge is 0.316 e. The standard InChI is InChI=1S/C18H30N2/c1-18(2,3)17(19-4)11-13-20-12-7-10-15-8-5-6-9-16(15)14-20/h5-6,8-9,17,19H,7,10-14H2,1-4H3. The fraction of sp³-hybridized carbons (Fsp3) is 0.667. The van der Waals surface area contributed by atoms with Crippen LogP contribution in [0.3, 0.4) is 0 Å². The second-order valence-electron chi connectivity index (χ2n) is 7.14. The van der Waals surface area contributed by atoms with Crippen LogP contribution in [0.5, 0.6) is 0 Å². The molecule has 0 fully saturated rings.